The van der Waals surface area contributed by atoms with E-state index in [1.807, 2.05) is 23.7 Å². The fourth-order valence-electron chi connectivity index (χ4n) is 2.82. The lowest BCUT2D eigenvalue weighted by molar-refractivity contribution is 0.326. The van der Waals surface area contributed by atoms with E-state index in [2.05, 4.69) is 37.6 Å². The van der Waals surface area contributed by atoms with Crippen molar-refractivity contribution in [3.63, 3.8) is 0 Å². The number of aliphatic imine (C=N–C) groups is 1. The van der Waals surface area contributed by atoms with Crippen LogP contribution in [0.1, 0.15) is 25.0 Å². The smallest absolute Gasteiger partial charge is 0.191 e. The monoisotopic (exact) mass is 471 g/mol. The molecule has 0 fully saturated rings. The van der Waals surface area contributed by atoms with Crippen LogP contribution in [0, 0.1) is 6.92 Å². The van der Waals surface area contributed by atoms with Gasteiger partial charge in [-0.3, -0.25) is 4.98 Å². The predicted molar refractivity (Wildman–Crippen MR) is 111 cm³/mol. The number of ether oxygens (including phenoxy) is 1. The summed E-state index contributed by atoms with van der Waals surface area (Å²) in [6.45, 7) is 6.71. The van der Waals surface area contributed by atoms with Gasteiger partial charge in [-0.25, -0.2) is 14.7 Å². The van der Waals surface area contributed by atoms with Gasteiger partial charge in [0.2, 0.25) is 0 Å². The summed E-state index contributed by atoms with van der Waals surface area (Å²) >= 11 is 0. The largest absolute Gasteiger partial charge is 0.490 e. The first-order chi connectivity index (χ1) is 12.2. The number of halogens is 1. The van der Waals surface area contributed by atoms with Crippen LogP contribution in [-0.2, 0) is 13.0 Å². The van der Waals surface area contributed by atoms with Crippen LogP contribution >= 0.6 is 24.0 Å². The van der Waals surface area contributed by atoms with E-state index < -0.39 is 0 Å². The Kier molecular flexibility index (Phi) is 8.07. The summed E-state index contributed by atoms with van der Waals surface area (Å²) in [5.41, 5.74) is 0. The van der Waals surface area contributed by atoms with Crippen molar-refractivity contribution >= 4 is 29.9 Å². The SMILES string of the molecule is CCNC(=NCCOc1cccnc1)NC1CCc2nc(C)nn2C1.I. The van der Waals surface area contributed by atoms with Crippen LogP contribution in [0.2, 0.25) is 0 Å². The van der Waals surface area contributed by atoms with Gasteiger partial charge in [0.05, 0.1) is 19.3 Å². The Labute approximate surface area is 170 Å². The van der Waals surface area contributed by atoms with Gasteiger partial charge >= 0.3 is 0 Å². The summed E-state index contributed by atoms with van der Waals surface area (Å²) in [5.74, 6) is 3.48. The van der Waals surface area contributed by atoms with Gasteiger partial charge in [0.25, 0.3) is 0 Å². The number of hydrogen-bond acceptors (Lipinski definition) is 5. The number of fused-ring (bicyclic) bond motifs is 1. The van der Waals surface area contributed by atoms with Crippen molar-refractivity contribution in [2.75, 3.05) is 19.7 Å². The molecule has 0 aromatic carbocycles. The second-order valence-corrected chi connectivity index (χ2v) is 5.94. The maximum Gasteiger partial charge on any atom is 0.191 e. The maximum atomic E-state index is 5.63. The molecule has 1 atom stereocenters. The Morgan fingerprint density at radius 2 is 2.35 bits per heavy atom. The van der Waals surface area contributed by atoms with Crippen molar-refractivity contribution in [2.45, 2.75) is 39.3 Å². The summed E-state index contributed by atoms with van der Waals surface area (Å²) in [5, 5.41) is 11.2. The molecule has 2 aromatic rings. The Balaban J connectivity index is 0.00000243. The fraction of sp³-hybridized carbons (Fsp3) is 0.529. The molecule has 0 radical (unpaired) electrons. The van der Waals surface area contributed by atoms with Gasteiger partial charge in [-0.05, 0) is 32.4 Å². The van der Waals surface area contributed by atoms with Gasteiger partial charge in [0.15, 0.2) is 5.96 Å². The Hall–Kier alpha value is -1.91. The minimum Gasteiger partial charge on any atom is -0.490 e. The first kappa shape index (κ1) is 20.4. The summed E-state index contributed by atoms with van der Waals surface area (Å²) in [7, 11) is 0. The number of aryl methyl sites for hydroxylation is 2. The molecule has 0 amide bonds. The van der Waals surface area contributed by atoms with Gasteiger partial charge in [-0.1, -0.05) is 0 Å². The fourth-order valence-corrected chi connectivity index (χ4v) is 2.82. The summed E-state index contributed by atoms with van der Waals surface area (Å²) < 4.78 is 7.62. The van der Waals surface area contributed by atoms with E-state index in [0.29, 0.717) is 19.2 Å². The van der Waals surface area contributed by atoms with Crippen molar-refractivity contribution < 1.29 is 4.74 Å². The lowest BCUT2D eigenvalue weighted by Crippen LogP contribution is -2.47. The minimum atomic E-state index is 0. The number of aromatic nitrogens is 4. The lowest BCUT2D eigenvalue weighted by Gasteiger charge is -2.25. The number of guanidine groups is 1. The topological polar surface area (TPSA) is 89.2 Å². The van der Waals surface area contributed by atoms with Crippen LogP contribution < -0.4 is 15.4 Å². The van der Waals surface area contributed by atoms with Gasteiger partial charge in [-0.15, -0.1) is 24.0 Å². The molecule has 2 aromatic heterocycles. The quantitative estimate of drug-likeness (QED) is 0.288. The molecule has 0 saturated carbocycles. The molecule has 1 aliphatic heterocycles. The Bertz CT molecular complexity index is 704. The molecule has 0 spiro atoms. The molecule has 0 saturated heterocycles. The molecule has 142 valence electrons. The molecule has 0 aliphatic carbocycles. The molecule has 3 rings (SSSR count). The van der Waals surface area contributed by atoms with Crippen LogP contribution in [0.25, 0.3) is 0 Å². The number of nitrogens with one attached hydrogen (secondary N) is 2. The zero-order valence-electron chi connectivity index (χ0n) is 15.2. The van der Waals surface area contributed by atoms with Crippen molar-refractivity contribution in [1.29, 1.82) is 0 Å². The van der Waals surface area contributed by atoms with E-state index in [4.69, 9.17) is 4.74 Å². The van der Waals surface area contributed by atoms with Crippen LogP contribution in [0.5, 0.6) is 5.75 Å². The second-order valence-electron chi connectivity index (χ2n) is 5.94. The number of nitrogens with zero attached hydrogens (tertiary/aromatic N) is 5. The molecular weight excluding hydrogens is 445 g/mol. The Morgan fingerprint density at radius 1 is 1.46 bits per heavy atom. The van der Waals surface area contributed by atoms with Gasteiger partial charge in [0, 0.05) is 25.2 Å². The number of hydrogen-bond donors (Lipinski definition) is 2. The highest BCUT2D eigenvalue weighted by atomic mass is 127. The molecule has 3 heterocycles. The molecule has 26 heavy (non-hydrogen) atoms. The summed E-state index contributed by atoms with van der Waals surface area (Å²) in [6.07, 6.45) is 5.38. The molecule has 1 aliphatic rings. The highest BCUT2D eigenvalue weighted by molar-refractivity contribution is 14.0. The zero-order valence-corrected chi connectivity index (χ0v) is 17.5. The van der Waals surface area contributed by atoms with E-state index in [-0.39, 0.29) is 24.0 Å². The number of rotatable bonds is 6. The third-order valence-electron chi connectivity index (χ3n) is 3.91. The van der Waals surface area contributed by atoms with Crippen LogP contribution in [0.4, 0.5) is 0 Å². The van der Waals surface area contributed by atoms with Crippen molar-refractivity contribution in [1.82, 2.24) is 30.4 Å². The standard InChI is InChI=1S/C17H25N7O.HI/c1-3-19-17(20-9-10-25-15-5-4-8-18-11-15)22-14-6-7-16-21-13(2)23-24(16)12-14;/h4-5,8,11,14H,3,6-7,9-10,12H2,1-2H3,(H2,19,20,22);1H. The second kappa shape index (κ2) is 10.3. The zero-order chi connectivity index (χ0) is 17.5. The van der Waals surface area contributed by atoms with Crippen LogP contribution in [-0.4, -0.2) is 51.4 Å². The molecule has 1 unspecified atom stereocenters. The van der Waals surface area contributed by atoms with Crippen LogP contribution in [0.3, 0.4) is 0 Å². The predicted octanol–water partition coefficient (Wildman–Crippen LogP) is 1.55. The normalized spacial score (nSPS) is 16.4. The molecule has 0 bridgehead atoms. The highest BCUT2D eigenvalue weighted by Gasteiger charge is 2.21. The third kappa shape index (κ3) is 5.82. The van der Waals surface area contributed by atoms with E-state index in [1.165, 1.54) is 0 Å². The Morgan fingerprint density at radius 3 is 3.12 bits per heavy atom. The van der Waals surface area contributed by atoms with Crippen molar-refractivity contribution in [2.24, 2.45) is 4.99 Å². The molecule has 8 nitrogen and oxygen atoms in total. The van der Waals surface area contributed by atoms with Gasteiger partial charge < -0.3 is 15.4 Å². The van der Waals surface area contributed by atoms with Crippen LogP contribution in [0.15, 0.2) is 29.5 Å². The van der Waals surface area contributed by atoms with E-state index in [9.17, 15) is 0 Å². The minimum absolute atomic E-state index is 0. The average Bonchev–Trinajstić information content (AvgIpc) is 2.99. The van der Waals surface area contributed by atoms with Gasteiger partial charge in [0.1, 0.15) is 24.0 Å². The van der Waals surface area contributed by atoms with Crippen molar-refractivity contribution in [3.05, 3.63) is 36.2 Å². The highest BCUT2D eigenvalue weighted by Crippen LogP contribution is 2.12. The number of pyridine rings is 1. The first-order valence-electron chi connectivity index (χ1n) is 8.72. The first-order valence-corrected chi connectivity index (χ1v) is 8.72. The van der Waals surface area contributed by atoms with E-state index in [0.717, 1.165) is 49.3 Å². The summed E-state index contributed by atoms with van der Waals surface area (Å²) in [6, 6.07) is 4.04. The molecular formula is C17H26IN7O. The maximum absolute atomic E-state index is 5.63. The lowest BCUT2D eigenvalue weighted by atomic mass is 10.1. The van der Waals surface area contributed by atoms with E-state index >= 15 is 0 Å². The summed E-state index contributed by atoms with van der Waals surface area (Å²) in [4.78, 5) is 13.1. The molecule has 2 N–H and O–H groups in total. The van der Waals surface area contributed by atoms with Gasteiger partial charge in [-0.2, -0.15) is 5.10 Å². The average molecular weight is 471 g/mol. The molecule has 9 heteroatoms. The third-order valence-corrected chi connectivity index (χ3v) is 3.91. The van der Waals surface area contributed by atoms with Crippen molar-refractivity contribution in [3.8, 4) is 5.75 Å². The van der Waals surface area contributed by atoms with E-state index in [1.54, 1.807) is 12.4 Å².